The van der Waals surface area contributed by atoms with Crippen molar-refractivity contribution in [2.24, 2.45) is 11.8 Å². The Bertz CT molecular complexity index is 254. The molecule has 17 heavy (non-hydrogen) atoms. The zero-order valence-corrected chi connectivity index (χ0v) is 11.3. The second-order valence-corrected chi connectivity index (χ2v) is 5.68. The molecule has 0 spiro atoms. The van der Waals surface area contributed by atoms with Gasteiger partial charge in [0.25, 0.3) is 0 Å². The van der Waals surface area contributed by atoms with Crippen LogP contribution in [0.25, 0.3) is 0 Å². The van der Waals surface area contributed by atoms with Gasteiger partial charge >= 0.3 is 0 Å². The van der Waals surface area contributed by atoms with Gasteiger partial charge in [0.1, 0.15) is 0 Å². The van der Waals surface area contributed by atoms with Crippen LogP contribution >= 0.6 is 0 Å². The third kappa shape index (κ3) is 3.11. The Morgan fingerprint density at radius 3 is 2.00 bits per heavy atom. The lowest BCUT2D eigenvalue weighted by molar-refractivity contribution is 0.0351. The lowest BCUT2D eigenvalue weighted by atomic mass is 9.70. The maximum absolute atomic E-state index is 5.45. The largest absolute Gasteiger partial charge is 0.381 e. The predicted molar refractivity (Wildman–Crippen MR) is 70.0 cm³/mol. The zero-order chi connectivity index (χ0) is 12.3. The highest BCUT2D eigenvalue weighted by Gasteiger charge is 2.32. The fourth-order valence-corrected chi connectivity index (χ4v) is 3.61. The van der Waals surface area contributed by atoms with Crippen LogP contribution < -0.4 is 0 Å². The van der Waals surface area contributed by atoms with Crippen molar-refractivity contribution < 1.29 is 9.47 Å². The van der Waals surface area contributed by atoms with Gasteiger partial charge < -0.3 is 9.47 Å². The van der Waals surface area contributed by atoms with Gasteiger partial charge in [0, 0.05) is 14.2 Å². The summed E-state index contributed by atoms with van der Waals surface area (Å²) in [5.74, 6) is 1.60. The quantitative estimate of drug-likeness (QED) is 0.700. The second kappa shape index (κ2) is 6.01. The Morgan fingerprint density at radius 1 is 0.882 bits per heavy atom. The average Bonchev–Trinajstić information content (AvgIpc) is 2.39. The van der Waals surface area contributed by atoms with Crippen LogP contribution in [0.1, 0.15) is 44.9 Å². The van der Waals surface area contributed by atoms with Crippen molar-refractivity contribution in [1.82, 2.24) is 0 Å². The average molecular weight is 238 g/mol. The van der Waals surface area contributed by atoms with Crippen molar-refractivity contribution in [2.75, 3.05) is 14.2 Å². The standard InChI is InChI=1S/C15H26O2/c1-11-10-14(17-3)8-9-15(11)12-4-6-13(16-2)7-5-12/h12-15H,1,4-10H2,2-3H3. The molecule has 2 nitrogen and oxygen atoms in total. The molecular formula is C15H26O2. The molecule has 0 aromatic carbocycles. The molecule has 2 saturated carbocycles. The smallest absolute Gasteiger partial charge is 0.0608 e. The maximum atomic E-state index is 5.45. The van der Waals surface area contributed by atoms with E-state index in [1.54, 1.807) is 0 Å². The topological polar surface area (TPSA) is 18.5 Å². The van der Waals surface area contributed by atoms with Gasteiger partial charge in [-0.2, -0.15) is 0 Å². The first kappa shape index (κ1) is 13.1. The lowest BCUT2D eigenvalue weighted by Crippen LogP contribution is -2.31. The van der Waals surface area contributed by atoms with E-state index in [-0.39, 0.29) is 0 Å². The molecule has 2 atom stereocenters. The first-order valence-electron chi connectivity index (χ1n) is 6.97. The lowest BCUT2D eigenvalue weighted by Gasteiger charge is -2.38. The number of hydrogen-bond donors (Lipinski definition) is 0. The number of methoxy groups -OCH3 is 2. The van der Waals surface area contributed by atoms with Gasteiger partial charge in [-0.1, -0.05) is 12.2 Å². The summed E-state index contributed by atoms with van der Waals surface area (Å²) < 4.78 is 10.9. The van der Waals surface area contributed by atoms with E-state index >= 15 is 0 Å². The van der Waals surface area contributed by atoms with E-state index < -0.39 is 0 Å². The molecule has 2 aliphatic rings. The molecule has 2 heteroatoms. The van der Waals surface area contributed by atoms with Crippen molar-refractivity contribution in [2.45, 2.75) is 57.2 Å². The number of rotatable bonds is 3. The second-order valence-electron chi connectivity index (χ2n) is 5.68. The van der Waals surface area contributed by atoms with Crippen LogP contribution in [0.3, 0.4) is 0 Å². The molecule has 98 valence electrons. The molecule has 2 unspecified atom stereocenters. The third-order valence-corrected chi connectivity index (χ3v) is 4.77. The van der Waals surface area contributed by atoms with E-state index in [9.17, 15) is 0 Å². The van der Waals surface area contributed by atoms with Gasteiger partial charge in [0.15, 0.2) is 0 Å². The Kier molecular flexibility index (Phi) is 4.63. The van der Waals surface area contributed by atoms with Crippen LogP contribution in [0.4, 0.5) is 0 Å². The van der Waals surface area contributed by atoms with Crippen molar-refractivity contribution in [3.63, 3.8) is 0 Å². The van der Waals surface area contributed by atoms with Gasteiger partial charge in [-0.15, -0.1) is 0 Å². The van der Waals surface area contributed by atoms with E-state index in [0.29, 0.717) is 12.2 Å². The molecule has 0 heterocycles. The van der Waals surface area contributed by atoms with Crippen LogP contribution in [-0.2, 0) is 9.47 Å². The maximum Gasteiger partial charge on any atom is 0.0608 e. The summed E-state index contributed by atoms with van der Waals surface area (Å²) in [4.78, 5) is 0. The van der Waals surface area contributed by atoms with Crippen LogP contribution in [0.15, 0.2) is 12.2 Å². The third-order valence-electron chi connectivity index (χ3n) is 4.77. The first-order chi connectivity index (χ1) is 8.24. The molecule has 2 rings (SSSR count). The first-order valence-corrected chi connectivity index (χ1v) is 6.97. The van der Waals surface area contributed by atoms with Crippen LogP contribution in [-0.4, -0.2) is 26.4 Å². The number of hydrogen-bond acceptors (Lipinski definition) is 2. The summed E-state index contributed by atoms with van der Waals surface area (Å²) in [6.45, 7) is 4.30. The van der Waals surface area contributed by atoms with Gasteiger partial charge in [-0.25, -0.2) is 0 Å². The van der Waals surface area contributed by atoms with E-state index in [4.69, 9.17) is 9.47 Å². The van der Waals surface area contributed by atoms with E-state index in [1.165, 1.54) is 44.1 Å². The molecule has 2 aliphatic carbocycles. The molecule has 0 aromatic heterocycles. The van der Waals surface area contributed by atoms with Crippen molar-refractivity contribution in [1.29, 1.82) is 0 Å². The molecule has 0 radical (unpaired) electrons. The molecule has 2 fully saturated rings. The Hall–Kier alpha value is -0.340. The summed E-state index contributed by atoms with van der Waals surface area (Å²) in [7, 11) is 3.66. The Morgan fingerprint density at radius 2 is 1.47 bits per heavy atom. The summed E-state index contributed by atoms with van der Waals surface area (Å²) in [5, 5.41) is 0. The fourth-order valence-electron chi connectivity index (χ4n) is 3.61. The molecule has 0 bridgehead atoms. The Balaban J connectivity index is 1.85. The Labute approximate surface area is 105 Å². The van der Waals surface area contributed by atoms with Crippen molar-refractivity contribution in [3.8, 4) is 0 Å². The summed E-state index contributed by atoms with van der Waals surface area (Å²) in [6.07, 6.45) is 9.61. The summed E-state index contributed by atoms with van der Waals surface area (Å²) in [5.41, 5.74) is 1.43. The number of ether oxygens (including phenoxy) is 2. The minimum Gasteiger partial charge on any atom is -0.381 e. The minimum absolute atomic E-state index is 0.425. The minimum atomic E-state index is 0.425. The van der Waals surface area contributed by atoms with Crippen LogP contribution in [0, 0.1) is 11.8 Å². The van der Waals surface area contributed by atoms with Crippen LogP contribution in [0.5, 0.6) is 0 Å². The highest BCUT2D eigenvalue weighted by molar-refractivity contribution is 5.08. The molecule has 0 aliphatic heterocycles. The normalized spacial score (nSPS) is 39.3. The highest BCUT2D eigenvalue weighted by Crippen LogP contribution is 2.41. The van der Waals surface area contributed by atoms with E-state index in [0.717, 1.165) is 18.3 Å². The molecule has 0 N–H and O–H groups in total. The van der Waals surface area contributed by atoms with Gasteiger partial charge in [-0.05, 0) is 56.8 Å². The summed E-state index contributed by atoms with van der Waals surface area (Å²) in [6, 6.07) is 0. The van der Waals surface area contributed by atoms with Gasteiger partial charge in [0.05, 0.1) is 12.2 Å². The van der Waals surface area contributed by atoms with Gasteiger partial charge in [0.2, 0.25) is 0 Å². The van der Waals surface area contributed by atoms with Crippen molar-refractivity contribution >= 4 is 0 Å². The SMILES string of the molecule is C=C1CC(OC)CCC1C1CCC(OC)CC1. The van der Waals surface area contributed by atoms with E-state index in [2.05, 4.69) is 6.58 Å². The van der Waals surface area contributed by atoms with Crippen LogP contribution in [0.2, 0.25) is 0 Å². The van der Waals surface area contributed by atoms with Crippen molar-refractivity contribution in [3.05, 3.63) is 12.2 Å². The van der Waals surface area contributed by atoms with E-state index in [1.807, 2.05) is 14.2 Å². The predicted octanol–water partition coefficient (Wildman–Crippen LogP) is 3.56. The highest BCUT2D eigenvalue weighted by atomic mass is 16.5. The molecule has 0 aromatic rings. The molecule has 0 saturated heterocycles. The summed E-state index contributed by atoms with van der Waals surface area (Å²) >= 11 is 0. The monoisotopic (exact) mass is 238 g/mol. The molecule has 0 amide bonds. The molecular weight excluding hydrogens is 212 g/mol. The van der Waals surface area contributed by atoms with Gasteiger partial charge in [-0.3, -0.25) is 0 Å². The zero-order valence-electron chi connectivity index (χ0n) is 11.3. The fraction of sp³-hybridized carbons (Fsp3) is 0.867.